The summed E-state index contributed by atoms with van der Waals surface area (Å²) in [6.07, 6.45) is 0. The average Bonchev–Trinajstić information content (AvgIpc) is 3.25. The molecule has 1 heterocycles. The van der Waals surface area contributed by atoms with Crippen LogP contribution in [0.15, 0.2) is 28.7 Å². The van der Waals surface area contributed by atoms with Gasteiger partial charge in [-0.2, -0.15) is 10.5 Å². The lowest BCUT2D eigenvalue weighted by Gasteiger charge is -2.27. The van der Waals surface area contributed by atoms with Gasteiger partial charge in [0.05, 0.1) is 31.3 Å². The van der Waals surface area contributed by atoms with E-state index in [9.17, 15) is 15.3 Å². The van der Waals surface area contributed by atoms with E-state index in [1.54, 1.807) is 4.90 Å². The Hall–Kier alpha value is -1.89. The summed E-state index contributed by atoms with van der Waals surface area (Å²) in [6, 6.07) is 11.6. The van der Waals surface area contributed by atoms with Gasteiger partial charge in [0.2, 0.25) is 5.91 Å². The SMILES string of the molecule is N#CC1(C#N)C(C(=O)N2CCOCC2)C1c1ccc(Br)cc1. The zero-order valence-electron chi connectivity index (χ0n) is 11.8. The van der Waals surface area contributed by atoms with Crippen molar-refractivity contribution in [3.05, 3.63) is 34.3 Å². The summed E-state index contributed by atoms with van der Waals surface area (Å²) in [5.74, 6) is -1.05. The highest BCUT2D eigenvalue weighted by atomic mass is 79.9. The van der Waals surface area contributed by atoms with E-state index in [1.807, 2.05) is 24.3 Å². The van der Waals surface area contributed by atoms with Crippen molar-refractivity contribution in [3.8, 4) is 12.1 Å². The van der Waals surface area contributed by atoms with Crippen molar-refractivity contribution in [2.45, 2.75) is 5.92 Å². The molecule has 1 aromatic carbocycles. The van der Waals surface area contributed by atoms with Gasteiger partial charge in [-0.05, 0) is 17.7 Å². The number of carbonyl (C=O) groups is 1. The third kappa shape index (κ3) is 2.29. The minimum absolute atomic E-state index is 0.112. The Kier molecular flexibility index (Phi) is 3.90. The van der Waals surface area contributed by atoms with Gasteiger partial charge in [-0.1, -0.05) is 28.1 Å². The van der Waals surface area contributed by atoms with Crippen LogP contribution < -0.4 is 0 Å². The molecule has 0 bridgehead atoms. The molecule has 1 amide bonds. The average molecular weight is 360 g/mol. The van der Waals surface area contributed by atoms with Crippen LogP contribution in [-0.2, 0) is 9.53 Å². The van der Waals surface area contributed by atoms with Gasteiger partial charge in [0.1, 0.15) is 0 Å². The highest BCUT2D eigenvalue weighted by molar-refractivity contribution is 9.10. The maximum Gasteiger partial charge on any atom is 0.229 e. The molecule has 0 N–H and O–H groups in total. The summed E-state index contributed by atoms with van der Waals surface area (Å²) in [6.45, 7) is 2.06. The largest absolute Gasteiger partial charge is 0.378 e. The molecule has 1 saturated heterocycles. The van der Waals surface area contributed by atoms with Crippen molar-refractivity contribution >= 4 is 21.8 Å². The quantitative estimate of drug-likeness (QED) is 0.809. The van der Waals surface area contributed by atoms with Crippen LogP contribution in [0.25, 0.3) is 0 Å². The standard InChI is InChI=1S/C16H14BrN3O2/c17-12-3-1-11(2-4-12)13-14(16(13,9-18)10-19)15(21)20-5-7-22-8-6-20/h1-4,13-14H,5-8H2. The molecular weight excluding hydrogens is 346 g/mol. The van der Waals surface area contributed by atoms with Crippen molar-refractivity contribution < 1.29 is 9.53 Å². The van der Waals surface area contributed by atoms with Crippen LogP contribution in [0.2, 0.25) is 0 Å². The summed E-state index contributed by atoms with van der Waals surface area (Å²) in [5, 5.41) is 19.0. The van der Waals surface area contributed by atoms with Gasteiger partial charge in [0.25, 0.3) is 0 Å². The molecule has 2 atom stereocenters. The topological polar surface area (TPSA) is 77.1 Å². The van der Waals surface area contributed by atoms with Crippen LogP contribution >= 0.6 is 15.9 Å². The predicted molar refractivity (Wildman–Crippen MR) is 81.4 cm³/mol. The van der Waals surface area contributed by atoms with Gasteiger partial charge in [0, 0.05) is 23.5 Å². The number of ether oxygens (including phenoxy) is 1. The number of hydrogen-bond acceptors (Lipinski definition) is 4. The summed E-state index contributed by atoms with van der Waals surface area (Å²) < 4.78 is 6.17. The Bertz CT molecular complexity index is 654. The van der Waals surface area contributed by atoms with Crippen LogP contribution in [0.4, 0.5) is 0 Å². The number of rotatable bonds is 2. The highest BCUT2D eigenvalue weighted by Gasteiger charge is 2.71. The lowest BCUT2D eigenvalue weighted by Crippen LogP contribution is -2.42. The number of morpholine rings is 1. The Morgan fingerprint density at radius 2 is 1.82 bits per heavy atom. The van der Waals surface area contributed by atoms with Gasteiger partial charge in [-0.15, -0.1) is 0 Å². The number of carbonyl (C=O) groups excluding carboxylic acids is 1. The van der Waals surface area contributed by atoms with Gasteiger partial charge in [0.15, 0.2) is 5.41 Å². The monoisotopic (exact) mass is 359 g/mol. The smallest absolute Gasteiger partial charge is 0.229 e. The van der Waals surface area contributed by atoms with Crippen molar-refractivity contribution in [2.24, 2.45) is 11.3 Å². The Morgan fingerprint density at radius 3 is 2.36 bits per heavy atom. The van der Waals surface area contributed by atoms with E-state index in [2.05, 4.69) is 28.1 Å². The molecule has 2 unspecified atom stereocenters. The molecule has 6 heteroatoms. The van der Waals surface area contributed by atoms with E-state index < -0.39 is 11.3 Å². The molecule has 0 aromatic heterocycles. The first-order valence-corrected chi connectivity index (χ1v) is 7.88. The second-order valence-corrected chi connectivity index (χ2v) is 6.45. The fourth-order valence-electron chi connectivity index (χ4n) is 3.13. The molecule has 2 aliphatic rings. The molecule has 112 valence electrons. The fraction of sp³-hybridized carbons (Fsp3) is 0.438. The van der Waals surface area contributed by atoms with Crippen LogP contribution in [-0.4, -0.2) is 37.1 Å². The van der Waals surface area contributed by atoms with E-state index >= 15 is 0 Å². The van der Waals surface area contributed by atoms with Crippen molar-refractivity contribution in [2.75, 3.05) is 26.3 Å². The molecule has 0 spiro atoms. The third-order valence-corrected chi connectivity index (χ3v) is 4.92. The van der Waals surface area contributed by atoms with E-state index in [0.29, 0.717) is 26.3 Å². The summed E-state index contributed by atoms with van der Waals surface area (Å²) in [4.78, 5) is 14.4. The second kappa shape index (κ2) is 5.72. The Balaban J connectivity index is 1.89. The number of nitrogens with zero attached hydrogens (tertiary/aromatic N) is 3. The zero-order chi connectivity index (χ0) is 15.7. The van der Waals surface area contributed by atoms with E-state index in [-0.39, 0.29) is 11.8 Å². The van der Waals surface area contributed by atoms with Gasteiger partial charge < -0.3 is 9.64 Å². The Labute approximate surface area is 137 Å². The van der Waals surface area contributed by atoms with Gasteiger partial charge in [-0.3, -0.25) is 4.79 Å². The molecule has 5 nitrogen and oxygen atoms in total. The molecule has 1 saturated carbocycles. The Morgan fingerprint density at radius 1 is 1.23 bits per heavy atom. The molecular formula is C16H14BrN3O2. The van der Waals surface area contributed by atoms with E-state index in [0.717, 1.165) is 10.0 Å². The van der Waals surface area contributed by atoms with Crippen molar-refractivity contribution in [1.29, 1.82) is 10.5 Å². The molecule has 1 aliphatic carbocycles. The molecule has 1 aromatic rings. The maximum absolute atomic E-state index is 12.7. The maximum atomic E-state index is 12.7. The summed E-state index contributed by atoms with van der Waals surface area (Å²) >= 11 is 3.37. The molecule has 22 heavy (non-hydrogen) atoms. The summed E-state index contributed by atoms with van der Waals surface area (Å²) in [5.41, 5.74) is -0.388. The first-order chi connectivity index (χ1) is 10.6. The van der Waals surface area contributed by atoms with E-state index in [4.69, 9.17) is 4.74 Å². The number of nitriles is 2. The molecule has 2 fully saturated rings. The van der Waals surface area contributed by atoms with Gasteiger partial charge >= 0.3 is 0 Å². The minimum atomic E-state index is -1.25. The highest BCUT2D eigenvalue weighted by Crippen LogP contribution is 2.64. The second-order valence-electron chi connectivity index (χ2n) is 5.54. The zero-order valence-corrected chi connectivity index (χ0v) is 13.4. The molecule has 0 radical (unpaired) electrons. The normalized spacial score (nSPS) is 25.9. The van der Waals surface area contributed by atoms with Crippen LogP contribution in [0, 0.1) is 34.0 Å². The van der Waals surface area contributed by atoms with Gasteiger partial charge in [-0.25, -0.2) is 0 Å². The van der Waals surface area contributed by atoms with Crippen molar-refractivity contribution in [3.63, 3.8) is 0 Å². The number of amides is 1. The summed E-state index contributed by atoms with van der Waals surface area (Å²) in [7, 11) is 0. The van der Waals surface area contributed by atoms with E-state index in [1.165, 1.54) is 0 Å². The van der Waals surface area contributed by atoms with Crippen LogP contribution in [0.1, 0.15) is 11.5 Å². The number of halogens is 1. The lowest BCUT2D eigenvalue weighted by molar-refractivity contribution is -0.137. The molecule has 1 aliphatic heterocycles. The van der Waals surface area contributed by atoms with Crippen molar-refractivity contribution in [1.82, 2.24) is 4.90 Å². The first kappa shape index (κ1) is 15.0. The third-order valence-electron chi connectivity index (χ3n) is 4.39. The predicted octanol–water partition coefficient (Wildman–Crippen LogP) is 2.05. The fourth-order valence-corrected chi connectivity index (χ4v) is 3.40. The number of benzene rings is 1. The number of hydrogen-bond donors (Lipinski definition) is 0. The minimum Gasteiger partial charge on any atom is -0.378 e. The van der Waals surface area contributed by atoms with Crippen LogP contribution in [0.3, 0.4) is 0 Å². The first-order valence-electron chi connectivity index (χ1n) is 7.08. The lowest BCUT2D eigenvalue weighted by atomic mass is 10.0. The van der Waals surface area contributed by atoms with Crippen LogP contribution in [0.5, 0.6) is 0 Å². The molecule has 3 rings (SSSR count).